The van der Waals surface area contributed by atoms with E-state index >= 15 is 0 Å². The molecule has 4 rings (SSSR count). The molecule has 116 valence electrons. The number of aryl methyl sites for hydroxylation is 1. The molecule has 1 aliphatic rings. The first-order chi connectivity index (χ1) is 11.0. The molecule has 23 heavy (non-hydrogen) atoms. The van der Waals surface area contributed by atoms with Crippen LogP contribution in [-0.2, 0) is 0 Å². The summed E-state index contributed by atoms with van der Waals surface area (Å²) in [6, 6.07) is 7.30. The topological polar surface area (TPSA) is 106 Å². The third-order valence-corrected chi connectivity index (χ3v) is 4.21. The molecule has 4 N–H and O–H groups in total. The van der Waals surface area contributed by atoms with Crippen LogP contribution in [0.3, 0.4) is 0 Å². The zero-order valence-electron chi connectivity index (χ0n) is 12.0. The third kappa shape index (κ3) is 2.08. The van der Waals surface area contributed by atoms with Crippen molar-refractivity contribution in [1.82, 2.24) is 20.2 Å². The highest BCUT2D eigenvalue weighted by Crippen LogP contribution is 2.42. The van der Waals surface area contributed by atoms with E-state index < -0.39 is 11.2 Å². The molecule has 2 aromatic heterocycles. The Morgan fingerprint density at radius 1 is 1.17 bits per heavy atom. The number of hydrogen-bond donors (Lipinski definition) is 4. The Labute approximate surface area is 134 Å². The van der Waals surface area contributed by atoms with E-state index in [1.807, 2.05) is 25.1 Å². The van der Waals surface area contributed by atoms with Gasteiger partial charge in [0.1, 0.15) is 5.82 Å². The summed E-state index contributed by atoms with van der Waals surface area (Å²) in [5, 5.41) is 10.7. The van der Waals surface area contributed by atoms with Crippen molar-refractivity contribution in [2.24, 2.45) is 0 Å². The maximum absolute atomic E-state index is 12.4. The number of halogens is 1. The Kier molecular flexibility index (Phi) is 2.92. The van der Waals surface area contributed by atoms with Crippen molar-refractivity contribution in [2.45, 2.75) is 12.8 Å². The molecule has 8 heteroatoms. The van der Waals surface area contributed by atoms with E-state index in [1.165, 1.54) is 0 Å². The van der Waals surface area contributed by atoms with Crippen LogP contribution in [0.5, 0.6) is 0 Å². The van der Waals surface area contributed by atoms with Gasteiger partial charge in [0.2, 0.25) is 0 Å². The fourth-order valence-electron chi connectivity index (χ4n) is 3.04. The van der Waals surface area contributed by atoms with Crippen LogP contribution >= 0.6 is 11.6 Å². The summed E-state index contributed by atoms with van der Waals surface area (Å²) in [4.78, 5) is 28.9. The van der Waals surface area contributed by atoms with Gasteiger partial charge in [-0.1, -0.05) is 23.7 Å². The van der Waals surface area contributed by atoms with Crippen molar-refractivity contribution in [1.29, 1.82) is 0 Å². The lowest BCUT2D eigenvalue weighted by molar-refractivity contribution is 0.881. The molecule has 0 radical (unpaired) electrons. The normalized spacial score (nSPS) is 15.7. The number of H-pyrrole nitrogens is 3. The highest BCUT2D eigenvalue weighted by Gasteiger charge is 2.33. The minimum Gasteiger partial charge on any atom is -0.324 e. The number of benzene rings is 1. The third-order valence-electron chi connectivity index (χ3n) is 3.98. The predicted octanol–water partition coefficient (Wildman–Crippen LogP) is 1.99. The van der Waals surface area contributed by atoms with Gasteiger partial charge in [0.25, 0.3) is 5.56 Å². The summed E-state index contributed by atoms with van der Waals surface area (Å²) in [5.74, 6) is 0.559. The molecule has 3 heterocycles. The van der Waals surface area contributed by atoms with E-state index in [4.69, 9.17) is 11.6 Å². The average Bonchev–Trinajstić information content (AvgIpc) is 2.86. The first kappa shape index (κ1) is 13.8. The minimum atomic E-state index is -0.568. The number of rotatable bonds is 1. The standard InChI is InChI=1S/C15H12ClN5O2/c1-6-9-10(7-3-2-4-8(16)5-7)11-12(17-13(9)21-20-6)18-15(23)19-14(11)22/h2-5,10H,1H3,(H4,17,18,19,20,21,22,23)/t10-/m1/s1. The quantitative estimate of drug-likeness (QED) is 0.428. The second kappa shape index (κ2) is 4.85. The van der Waals surface area contributed by atoms with Crippen LogP contribution in [0.2, 0.25) is 5.02 Å². The molecule has 1 aromatic carbocycles. The van der Waals surface area contributed by atoms with Crippen LogP contribution < -0.4 is 16.6 Å². The lowest BCUT2D eigenvalue weighted by Gasteiger charge is -2.25. The lowest BCUT2D eigenvalue weighted by Crippen LogP contribution is -2.31. The van der Waals surface area contributed by atoms with Crippen molar-refractivity contribution in [3.63, 3.8) is 0 Å². The molecule has 0 unspecified atom stereocenters. The van der Waals surface area contributed by atoms with Crippen molar-refractivity contribution in [2.75, 3.05) is 5.32 Å². The predicted molar refractivity (Wildman–Crippen MR) is 86.7 cm³/mol. The molecule has 0 saturated heterocycles. The van der Waals surface area contributed by atoms with E-state index in [9.17, 15) is 9.59 Å². The molecule has 0 bridgehead atoms. The van der Waals surface area contributed by atoms with Crippen molar-refractivity contribution in [3.8, 4) is 0 Å². The van der Waals surface area contributed by atoms with E-state index in [1.54, 1.807) is 6.07 Å². The molecule has 1 atom stereocenters. The molecule has 0 amide bonds. The molecule has 7 nitrogen and oxygen atoms in total. The van der Waals surface area contributed by atoms with Gasteiger partial charge in [-0.3, -0.25) is 19.9 Å². The molecule has 3 aromatic rings. The Hall–Kier alpha value is -2.80. The van der Waals surface area contributed by atoms with Crippen LogP contribution in [0.4, 0.5) is 11.6 Å². The Morgan fingerprint density at radius 2 is 2.00 bits per heavy atom. The SMILES string of the molecule is Cc1[nH]nc2c1[C@@H](c1cccc(Cl)c1)c1c([nH]c(=O)[nH]c1=O)N2. The summed E-state index contributed by atoms with van der Waals surface area (Å²) < 4.78 is 0. The number of hydrogen-bond acceptors (Lipinski definition) is 4. The second-order valence-corrected chi connectivity index (χ2v) is 5.86. The highest BCUT2D eigenvalue weighted by atomic mass is 35.5. The van der Waals surface area contributed by atoms with Gasteiger partial charge in [-0.2, -0.15) is 5.10 Å². The first-order valence-corrected chi connectivity index (χ1v) is 7.36. The number of aromatic nitrogens is 4. The Morgan fingerprint density at radius 3 is 2.78 bits per heavy atom. The maximum atomic E-state index is 12.4. The fraction of sp³-hybridized carbons (Fsp3) is 0.133. The van der Waals surface area contributed by atoms with Gasteiger partial charge in [-0.05, 0) is 24.6 Å². The summed E-state index contributed by atoms with van der Waals surface area (Å²) >= 11 is 6.11. The van der Waals surface area contributed by atoms with Crippen LogP contribution in [0.15, 0.2) is 33.9 Å². The van der Waals surface area contributed by atoms with Gasteiger partial charge in [-0.15, -0.1) is 0 Å². The van der Waals surface area contributed by atoms with Gasteiger partial charge in [0, 0.05) is 22.2 Å². The Balaban J connectivity index is 2.07. The zero-order valence-corrected chi connectivity index (χ0v) is 12.8. The number of anilines is 2. The van der Waals surface area contributed by atoms with E-state index in [0.29, 0.717) is 22.2 Å². The zero-order chi connectivity index (χ0) is 16.1. The van der Waals surface area contributed by atoms with Crippen LogP contribution in [0.25, 0.3) is 0 Å². The van der Waals surface area contributed by atoms with Gasteiger partial charge >= 0.3 is 5.69 Å². The summed E-state index contributed by atoms with van der Waals surface area (Å²) in [7, 11) is 0. The molecule has 0 saturated carbocycles. The van der Waals surface area contributed by atoms with Crippen molar-refractivity contribution in [3.05, 3.63) is 72.5 Å². The number of fused-ring (bicyclic) bond motifs is 2. The molecule has 1 aliphatic heterocycles. The summed E-state index contributed by atoms with van der Waals surface area (Å²) in [5.41, 5.74) is 1.98. The average molecular weight is 330 g/mol. The Bertz CT molecular complexity index is 1030. The summed E-state index contributed by atoms with van der Waals surface area (Å²) in [6.07, 6.45) is 0. The highest BCUT2D eigenvalue weighted by molar-refractivity contribution is 6.30. The number of nitrogens with one attached hydrogen (secondary N) is 4. The minimum absolute atomic E-state index is 0.350. The molecule has 0 fully saturated rings. The van der Waals surface area contributed by atoms with E-state index in [-0.39, 0.29) is 5.92 Å². The summed E-state index contributed by atoms with van der Waals surface area (Å²) in [6.45, 7) is 1.88. The van der Waals surface area contributed by atoms with Crippen LogP contribution in [-0.4, -0.2) is 20.2 Å². The molecule has 0 spiro atoms. The van der Waals surface area contributed by atoms with Gasteiger partial charge in [-0.25, -0.2) is 4.79 Å². The molecular formula is C15H12ClN5O2. The second-order valence-electron chi connectivity index (χ2n) is 5.42. The fourth-order valence-corrected chi connectivity index (χ4v) is 3.24. The van der Waals surface area contributed by atoms with E-state index in [0.717, 1.165) is 16.8 Å². The smallest absolute Gasteiger partial charge is 0.324 e. The van der Waals surface area contributed by atoms with Gasteiger partial charge in [0.15, 0.2) is 5.82 Å². The van der Waals surface area contributed by atoms with Crippen LogP contribution in [0, 0.1) is 6.92 Å². The lowest BCUT2D eigenvalue weighted by atomic mass is 9.83. The van der Waals surface area contributed by atoms with Crippen LogP contribution in [0.1, 0.15) is 28.3 Å². The van der Waals surface area contributed by atoms with Gasteiger partial charge < -0.3 is 5.32 Å². The molecular weight excluding hydrogens is 318 g/mol. The monoisotopic (exact) mass is 329 g/mol. The first-order valence-electron chi connectivity index (χ1n) is 6.98. The molecule has 0 aliphatic carbocycles. The van der Waals surface area contributed by atoms with Crippen molar-refractivity contribution >= 4 is 23.2 Å². The maximum Gasteiger partial charge on any atom is 0.327 e. The number of aromatic amines is 3. The van der Waals surface area contributed by atoms with Gasteiger partial charge in [0.05, 0.1) is 5.56 Å². The number of nitrogens with zero attached hydrogens (tertiary/aromatic N) is 1. The largest absolute Gasteiger partial charge is 0.327 e. The van der Waals surface area contributed by atoms with E-state index in [2.05, 4.69) is 25.5 Å². The van der Waals surface area contributed by atoms with Crippen molar-refractivity contribution < 1.29 is 0 Å².